The zero-order chi connectivity index (χ0) is 23.1. The lowest BCUT2D eigenvalue weighted by molar-refractivity contribution is -0.137. The fraction of sp³-hybridized carbons (Fsp3) is 0.571. The Kier molecular flexibility index (Phi) is 8.02. The third-order valence-corrected chi connectivity index (χ3v) is 7.36. The summed E-state index contributed by atoms with van der Waals surface area (Å²) in [7, 11) is 0. The van der Waals surface area contributed by atoms with E-state index in [0.717, 1.165) is 57.7 Å². The van der Waals surface area contributed by atoms with E-state index >= 15 is 0 Å². The number of pyridine rings is 1. The fourth-order valence-electron chi connectivity index (χ4n) is 5.44. The summed E-state index contributed by atoms with van der Waals surface area (Å²) in [4.78, 5) is 21.6. The Bertz CT molecular complexity index is 891. The quantitative estimate of drug-likeness (QED) is 0.665. The molecule has 0 N–H and O–H groups in total. The Morgan fingerprint density at radius 1 is 1.06 bits per heavy atom. The minimum absolute atomic E-state index is 0.0784. The van der Waals surface area contributed by atoms with Crippen LogP contribution in [0, 0.1) is 11.3 Å². The molecule has 0 saturated carbocycles. The molecule has 2 aliphatic rings. The SMILES string of the molecule is CC(C)C(=O)N1CCC2(CCCCc3ccccc3OCCN(Cc3cccnc3)C2)CC1. The summed E-state index contributed by atoms with van der Waals surface area (Å²) in [6.45, 7) is 9.30. The van der Waals surface area contributed by atoms with Crippen molar-refractivity contribution in [2.45, 2.75) is 58.9 Å². The molecule has 0 radical (unpaired) electrons. The zero-order valence-corrected chi connectivity index (χ0v) is 20.3. The number of ether oxygens (including phenoxy) is 1. The molecular weight excluding hydrogens is 410 g/mol. The molecule has 0 atom stereocenters. The number of hydrogen-bond acceptors (Lipinski definition) is 4. The second-order valence-corrected chi connectivity index (χ2v) is 10.2. The van der Waals surface area contributed by atoms with Crippen molar-refractivity contribution < 1.29 is 9.53 Å². The lowest BCUT2D eigenvalue weighted by atomic mass is 9.73. The van der Waals surface area contributed by atoms with E-state index in [1.165, 1.54) is 30.4 Å². The van der Waals surface area contributed by atoms with Gasteiger partial charge >= 0.3 is 0 Å². The number of amides is 1. The monoisotopic (exact) mass is 449 g/mol. The molecule has 5 nitrogen and oxygen atoms in total. The molecule has 0 unspecified atom stereocenters. The number of fused-ring (bicyclic) bond motifs is 1. The van der Waals surface area contributed by atoms with Crippen molar-refractivity contribution in [3.8, 4) is 5.75 Å². The normalized spacial score (nSPS) is 19.9. The summed E-state index contributed by atoms with van der Waals surface area (Å²) in [5.41, 5.74) is 2.82. The highest BCUT2D eigenvalue weighted by Crippen LogP contribution is 2.39. The number of likely N-dealkylation sites (tertiary alicyclic amines) is 1. The number of nitrogens with zero attached hydrogens (tertiary/aromatic N) is 3. The lowest BCUT2D eigenvalue weighted by Crippen LogP contribution is -2.49. The first-order valence-electron chi connectivity index (χ1n) is 12.7. The molecule has 4 rings (SSSR count). The number of para-hydroxylation sites is 1. The van der Waals surface area contributed by atoms with Gasteiger partial charge in [0.05, 0.1) is 0 Å². The van der Waals surface area contributed by atoms with Gasteiger partial charge in [0.25, 0.3) is 0 Å². The first kappa shape index (κ1) is 23.7. The number of rotatable bonds is 3. The molecule has 5 heteroatoms. The van der Waals surface area contributed by atoms with Crippen molar-refractivity contribution in [3.63, 3.8) is 0 Å². The number of piperidine rings is 1. The molecule has 33 heavy (non-hydrogen) atoms. The predicted octanol–water partition coefficient (Wildman–Crippen LogP) is 4.95. The minimum atomic E-state index is 0.0784. The second-order valence-electron chi connectivity index (χ2n) is 10.2. The van der Waals surface area contributed by atoms with Gasteiger partial charge in [-0.2, -0.15) is 0 Å². The van der Waals surface area contributed by atoms with Gasteiger partial charge < -0.3 is 9.64 Å². The summed E-state index contributed by atoms with van der Waals surface area (Å²) in [5.74, 6) is 1.42. The van der Waals surface area contributed by atoms with E-state index in [1.54, 1.807) is 0 Å². The molecule has 1 amide bonds. The van der Waals surface area contributed by atoms with Gasteiger partial charge in [-0.1, -0.05) is 44.5 Å². The van der Waals surface area contributed by atoms with Crippen LogP contribution in [-0.2, 0) is 17.8 Å². The summed E-state index contributed by atoms with van der Waals surface area (Å²) in [6, 6.07) is 12.7. The summed E-state index contributed by atoms with van der Waals surface area (Å²) in [6.07, 6.45) is 10.7. The smallest absolute Gasteiger partial charge is 0.225 e. The van der Waals surface area contributed by atoms with Crippen LogP contribution in [0.4, 0.5) is 0 Å². The Labute approximate surface area is 199 Å². The minimum Gasteiger partial charge on any atom is -0.492 e. The van der Waals surface area contributed by atoms with E-state index < -0.39 is 0 Å². The van der Waals surface area contributed by atoms with E-state index in [1.807, 2.05) is 32.3 Å². The molecule has 1 fully saturated rings. The molecule has 2 aliphatic heterocycles. The van der Waals surface area contributed by atoms with Crippen LogP contribution in [0.2, 0.25) is 0 Å². The molecular formula is C28H39N3O2. The van der Waals surface area contributed by atoms with Crippen LogP contribution in [0.3, 0.4) is 0 Å². The number of aryl methyl sites for hydroxylation is 1. The highest BCUT2D eigenvalue weighted by Gasteiger charge is 2.37. The highest BCUT2D eigenvalue weighted by atomic mass is 16.5. The third-order valence-electron chi connectivity index (χ3n) is 7.36. The van der Waals surface area contributed by atoms with Crippen molar-refractivity contribution in [1.82, 2.24) is 14.8 Å². The first-order chi connectivity index (χ1) is 16.0. The predicted molar refractivity (Wildman–Crippen MR) is 132 cm³/mol. The Balaban J connectivity index is 1.52. The maximum atomic E-state index is 12.6. The van der Waals surface area contributed by atoms with E-state index in [-0.39, 0.29) is 11.3 Å². The van der Waals surface area contributed by atoms with Crippen LogP contribution in [0.5, 0.6) is 5.75 Å². The van der Waals surface area contributed by atoms with Crippen LogP contribution in [0.15, 0.2) is 48.8 Å². The number of aromatic nitrogens is 1. The molecule has 178 valence electrons. The summed E-state index contributed by atoms with van der Waals surface area (Å²) < 4.78 is 6.27. The maximum absolute atomic E-state index is 12.6. The van der Waals surface area contributed by atoms with Crippen LogP contribution >= 0.6 is 0 Å². The summed E-state index contributed by atoms with van der Waals surface area (Å²) >= 11 is 0. The topological polar surface area (TPSA) is 45.7 Å². The lowest BCUT2D eigenvalue weighted by Gasteiger charge is -2.45. The molecule has 1 spiro atoms. The molecule has 1 aromatic heterocycles. The first-order valence-corrected chi connectivity index (χ1v) is 12.7. The van der Waals surface area contributed by atoms with Gasteiger partial charge in [0.15, 0.2) is 0 Å². The number of benzene rings is 1. The zero-order valence-electron chi connectivity index (χ0n) is 20.3. The molecule has 2 aromatic rings. The van der Waals surface area contributed by atoms with Gasteiger partial charge in [0.1, 0.15) is 12.4 Å². The van der Waals surface area contributed by atoms with Gasteiger partial charge in [-0.15, -0.1) is 0 Å². The van der Waals surface area contributed by atoms with Gasteiger partial charge in [-0.05, 0) is 60.8 Å². The molecule has 1 aromatic carbocycles. The molecule has 1 saturated heterocycles. The van der Waals surface area contributed by atoms with E-state index in [0.29, 0.717) is 12.5 Å². The van der Waals surface area contributed by atoms with E-state index in [9.17, 15) is 4.79 Å². The van der Waals surface area contributed by atoms with Crippen LogP contribution in [0.1, 0.15) is 57.1 Å². The van der Waals surface area contributed by atoms with Crippen LogP contribution in [-0.4, -0.2) is 53.5 Å². The van der Waals surface area contributed by atoms with Gasteiger partial charge in [0.2, 0.25) is 5.91 Å². The second kappa shape index (κ2) is 11.1. The molecule has 3 heterocycles. The maximum Gasteiger partial charge on any atom is 0.225 e. The van der Waals surface area contributed by atoms with E-state index in [2.05, 4.69) is 45.1 Å². The average Bonchev–Trinajstić information content (AvgIpc) is 2.82. The number of carbonyl (C=O) groups is 1. The van der Waals surface area contributed by atoms with Gasteiger partial charge in [-0.3, -0.25) is 14.7 Å². The van der Waals surface area contributed by atoms with Crippen molar-refractivity contribution in [2.75, 3.05) is 32.8 Å². The Hall–Kier alpha value is -2.40. The molecule has 0 aliphatic carbocycles. The standard InChI is InChI=1S/C28H39N3O2/c1-23(2)27(32)31-16-13-28(14-17-31)12-6-5-10-25-9-3-4-11-26(25)33-19-18-30(22-28)21-24-8-7-15-29-20-24/h3-4,7-9,11,15,20,23H,5-6,10,12-14,16-19,21-22H2,1-2H3. The van der Waals surface area contributed by atoms with Crippen molar-refractivity contribution in [3.05, 3.63) is 59.9 Å². The van der Waals surface area contributed by atoms with Crippen LogP contribution in [0.25, 0.3) is 0 Å². The van der Waals surface area contributed by atoms with Crippen molar-refractivity contribution in [1.29, 1.82) is 0 Å². The van der Waals surface area contributed by atoms with Crippen molar-refractivity contribution >= 4 is 5.91 Å². The fourth-order valence-corrected chi connectivity index (χ4v) is 5.44. The van der Waals surface area contributed by atoms with Gasteiger partial charge in [-0.25, -0.2) is 0 Å². The highest BCUT2D eigenvalue weighted by molar-refractivity contribution is 5.78. The Morgan fingerprint density at radius 3 is 2.64 bits per heavy atom. The van der Waals surface area contributed by atoms with Crippen molar-refractivity contribution in [2.24, 2.45) is 11.3 Å². The average molecular weight is 450 g/mol. The largest absolute Gasteiger partial charge is 0.492 e. The van der Waals surface area contributed by atoms with E-state index in [4.69, 9.17) is 4.74 Å². The third kappa shape index (κ3) is 6.35. The van der Waals surface area contributed by atoms with Gasteiger partial charge in [0, 0.05) is 51.0 Å². The number of hydrogen-bond donors (Lipinski definition) is 0. The van der Waals surface area contributed by atoms with Crippen LogP contribution < -0.4 is 4.74 Å². The number of carbonyl (C=O) groups excluding carboxylic acids is 1. The molecule has 0 bridgehead atoms. The summed E-state index contributed by atoms with van der Waals surface area (Å²) in [5, 5.41) is 0. The Morgan fingerprint density at radius 2 is 1.88 bits per heavy atom.